The third-order valence-corrected chi connectivity index (χ3v) is 4.03. The second-order valence-electron chi connectivity index (χ2n) is 4.33. The molecule has 0 spiro atoms. The van der Waals surface area contributed by atoms with Crippen molar-refractivity contribution in [3.63, 3.8) is 0 Å². The fraction of sp³-hybridized carbons (Fsp3) is 0.231. The van der Waals surface area contributed by atoms with Gasteiger partial charge in [0.15, 0.2) is 0 Å². The van der Waals surface area contributed by atoms with E-state index in [-0.39, 0.29) is 5.56 Å². The van der Waals surface area contributed by atoms with Crippen molar-refractivity contribution in [1.82, 2.24) is 9.55 Å². The molecule has 0 saturated carbocycles. The molecule has 0 aliphatic carbocycles. The maximum atomic E-state index is 12.0. The van der Waals surface area contributed by atoms with E-state index in [9.17, 15) is 4.79 Å². The Morgan fingerprint density at radius 1 is 1.37 bits per heavy atom. The summed E-state index contributed by atoms with van der Waals surface area (Å²) in [4.78, 5) is 16.0. The molecule has 0 amide bonds. The van der Waals surface area contributed by atoms with Gasteiger partial charge in [-0.15, -0.1) is 0 Å². The third-order valence-electron chi connectivity index (χ3n) is 3.03. The first-order valence-electron chi connectivity index (χ1n) is 5.79. The van der Waals surface area contributed by atoms with E-state index in [1.807, 2.05) is 6.07 Å². The SMILES string of the molecule is O=c1c(Br)cncn1Cc1cc(Br)cc2c1OCC2. The second-order valence-corrected chi connectivity index (χ2v) is 6.10. The Morgan fingerprint density at radius 2 is 2.21 bits per heavy atom. The summed E-state index contributed by atoms with van der Waals surface area (Å²) in [7, 11) is 0. The molecule has 3 rings (SSSR count). The molecular formula is C13H10Br2N2O2. The molecule has 2 aromatic rings. The molecule has 0 fully saturated rings. The second kappa shape index (κ2) is 5.09. The molecule has 1 aromatic heterocycles. The van der Waals surface area contributed by atoms with E-state index in [4.69, 9.17) is 4.74 Å². The van der Waals surface area contributed by atoms with Crippen molar-refractivity contribution >= 4 is 31.9 Å². The molecule has 19 heavy (non-hydrogen) atoms. The van der Waals surface area contributed by atoms with Gasteiger partial charge < -0.3 is 4.74 Å². The molecule has 2 heterocycles. The summed E-state index contributed by atoms with van der Waals surface area (Å²) in [6.07, 6.45) is 3.95. The maximum absolute atomic E-state index is 12.0. The van der Waals surface area contributed by atoms with Crippen LogP contribution in [0.3, 0.4) is 0 Å². The van der Waals surface area contributed by atoms with E-state index in [0.29, 0.717) is 17.6 Å². The molecule has 0 N–H and O–H groups in total. The van der Waals surface area contributed by atoms with Gasteiger partial charge in [-0.05, 0) is 33.6 Å². The average Bonchev–Trinajstić information content (AvgIpc) is 2.83. The number of hydrogen-bond donors (Lipinski definition) is 0. The Bertz CT molecular complexity index is 698. The van der Waals surface area contributed by atoms with Gasteiger partial charge in [-0.1, -0.05) is 15.9 Å². The predicted molar refractivity (Wildman–Crippen MR) is 78.6 cm³/mol. The molecule has 1 aromatic carbocycles. The van der Waals surface area contributed by atoms with Crippen LogP contribution in [0.15, 0.2) is 38.4 Å². The molecule has 1 aliphatic heterocycles. The Morgan fingerprint density at radius 3 is 3.05 bits per heavy atom. The van der Waals surface area contributed by atoms with Crippen LogP contribution >= 0.6 is 31.9 Å². The molecule has 6 heteroatoms. The zero-order valence-electron chi connectivity index (χ0n) is 9.90. The molecule has 4 nitrogen and oxygen atoms in total. The first kappa shape index (κ1) is 12.9. The molecule has 0 unspecified atom stereocenters. The monoisotopic (exact) mass is 384 g/mol. The van der Waals surface area contributed by atoms with Crippen molar-refractivity contribution < 1.29 is 4.74 Å². The van der Waals surface area contributed by atoms with Crippen LogP contribution in [0.1, 0.15) is 11.1 Å². The minimum absolute atomic E-state index is 0.0956. The van der Waals surface area contributed by atoms with Gasteiger partial charge in [-0.25, -0.2) is 4.98 Å². The topological polar surface area (TPSA) is 44.1 Å². The molecule has 0 saturated heterocycles. The van der Waals surface area contributed by atoms with E-state index >= 15 is 0 Å². The lowest BCUT2D eigenvalue weighted by molar-refractivity contribution is 0.352. The summed E-state index contributed by atoms with van der Waals surface area (Å²) >= 11 is 6.69. The fourth-order valence-electron chi connectivity index (χ4n) is 2.18. The summed E-state index contributed by atoms with van der Waals surface area (Å²) in [5.41, 5.74) is 2.07. The molecule has 0 radical (unpaired) electrons. The number of hydrogen-bond acceptors (Lipinski definition) is 3. The van der Waals surface area contributed by atoms with Crippen molar-refractivity contribution in [3.05, 3.63) is 55.1 Å². The minimum Gasteiger partial charge on any atom is -0.493 e. The normalized spacial score (nSPS) is 13.2. The molecular weight excluding hydrogens is 376 g/mol. The largest absolute Gasteiger partial charge is 0.493 e. The lowest BCUT2D eigenvalue weighted by Gasteiger charge is -2.10. The van der Waals surface area contributed by atoms with Crippen molar-refractivity contribution in [2.75, 3.05) is 6.61 Å². The lowest BCUT2D eigenvalue weighted by Crippen LogP contribution is -2.21. The van der Waals surface area contributed by atoms with E-state index in [0.717, 1.165) is 22.2 Å². The van der Waals surface area contributed by atoms with Gasteiger partial charge in [-0.2, -0.15) is 0 Å². The Hall–Kier alpha value is -1.14. The van der Waals surface area contributed by atoms with Crippen LogP contribution in [-0.2, 0) is 13.0 Å². The summed E-state index contributed by atoms with van der Waals surface area (Å²) in [6, 6.07) is 4.05. The van der Waals surface area contributed by atoms with Crippen LogP contribution in [0.2, 0.25) is 0 Å². The average molecular weight is 386 g/mol. The number of nitrogens with zero attached hydrogens (tertiary/aromatic N) is 2. The van der Waals surface area contributed by atoms with Crippen molar-refractivity contribution in [1.29, 1.82) is 0 Å². The van der Waals surface area contributed by atoms with Crippen LogP contribution in [0.5, 0.6) is 5.75 Å². The lowest BCUT2D eigenvalue weighted by atomic mass is 10.1. The summed E-state index contributed by atoms with van der Waals surface area (Å²) in [5, 5.41) is 0. The minimum atomic E-state index is -0.0956. The number of halogens is 2. The van der Waals surface area contributed by atoms with Gasteiger partial charge in [-0.3, -0.25) is 9.36 Å². The molecule has 98 valence electrons. The maximum Gasteiger partial charge on any atom is 0.267 e. The van der Waals surface area contributed by atoms with Gasteiger partial charge in [0.1, 0.15) is 10.2 Å². The number of benzene rings is 1. The number of ether oxygens (including phenoxy) is 1. The molecule has 0 atom stereocenters. The van der Waals surface area contributed by atoms with Crippen molar-refractivity contribution in [2.45, 2.75) is 13.0 Å². The highest BCUT2D eigenvalue weighted by Gasteiger charge is 2.18. The van der Waals surface area contributed by atoms with Gasteiger partial charge in [0.2, 0.25) is 0 Å². The number of rotatable bonds is 2. The highest BCUT2D eigenvalue weighted by Crippen LogP contribution is 2.33. The molecule has 0 bridgehead atoms. The van der Waals surface area contributed by atoms with Crippen LogP contribution < -0.4 is 10.3 Å². The van der Waals surface area contributed by atoms with Crippen molar-refractivity contribution in [2.24, 2.45) is 0 Å². The number of fused-ring (bicyclic) bond motifs is 1. The highest BCUT2D eigenvalue weighted by atomic mass is 79.9. The summed E-state index contributed by atoms with van der Waals surface area (Å²) < 4.78 is 8.69. The Balaban J connectivity index is 2.05. The van der Waals surface area contributed by atoms with Crippen molar-refractivity contribution in [3.8, 4) is 5.75 Å². The quantitative estimate of drug-likeness (QED) is 0.798. The van der Waals surface area contributed by atoms with E-state index in [1.165, 1.54) is 18.1 Å². The highest BCUT2D eigenvalue weighted by molar-refractivity contribution is 9.10. The van der Waals surface area contributed by atoms with Crippen LogP contribution in [0.4, 0.5) is 0 Å². The van der Waals surface area contributed by atoms with Crippen LogP contribution in [0, 0.1) is 0 Å². The zero-order chi connectivity index (χ0) is 13.4. The first-order valence-corrected chi connectivity index (χ1v) is 7.38. The van der Waals surface area contributed by atoms with E-state index < -0.39 is 0 Å². The van der Waals surface area contributed by atoms with E-state index in [2.05, 4.69) is 42.9 Å². The predicted octanol–water partition coefficient (Wildman–Crippen LogP) is 2.75. The molecule has 1 aliphatic rings. The summed E-state index contributed by atoms with van der Waals surface area (Å²) in [5.74, 6) is 0.898. The smallest absolute Gasteiger partial charge is 0.267 e. The standard InChI is InChI=1S/C13H10Br2N2O2/c14-10-3-8-1-2-19-12(8)9(4-10)6-17-7-16-5-11(15)13(17)18/h3-5,7H,1-2,6H2. The summed E-state index contributed by atoms with van der Waals surface area (Å²) in [6.45, 7) is 1.15. The van der Waals surface area contributed by atoms with Crippen LogP contribution in [-0.4, -0.2) is 16.2 Å². The zero-order valence-corrected chi connectivity index (χ0v) is 13.1. The van der Waals surface area contributed by atoms with E-state index in [1.54, 1.807) is 4.57 Å². The van der Waals surface area contributed by atoms with Crippen LogP contribution in [0.25, 0.3) is 0 Å². The first-order chi connectivity index (χ1) is 9.15. The fourth-order valence-corrected chi connectivity index (χ4v) is 3.08. The van der Waals surface area contributed by atoms with Gasteiger partial charge in [0.25, 0.3) is 5.56 Å². The Kier molecular flexibility index (Phi) is 3.45. The third kappa shape index (κ3) is 2.47. The van der Waals surface area contributed by atoms with Gasteiger partial charge >= 0.3 is 0 Å². The Labute approximate surface area is 126 Å². The number of aromatic nitrogens is 2. The van der Waals surface area contributed by atoms with Gasteiger partial charge in [0, 0.05) is 22.7 Å². The van der Waals surface area contributed by atoms with Gasteiger partial charge in [0.05, 0.1) is 19.5 Å².